The van der Waals surface area contributed by atoms with Gasteiger partial charge in [-0.25, -0.2) is 4.79 Å². The van der Waals surface area contributed by atoms with Gasteiger partial charge in [-0.3, -0.25) is 4.79 Å². The van der Waals surface area contributed by atoms with Crippen molar-refractivity contribution in [3.63, 3.8) is 0 Å². The highest BCUT2D eigenvalue weighted by Crippen LogP contribution is 2.16. The maximum absolute atomic E-state index is 11.7. The van der Waals surface area contributed by atoms with E-state index < -0.39 is 18.5 Å². The van der Waals surface area contributed by atoms with Crippen molar-refractivity contribution in [1.82, 2.24) is 5.16 Å². The molecule has 0 saturated carbocycles. The van der Waals surface area contributed by atoms with E-state index in [1.807, 2.05) is 6.07 Å². The molecule has 0 unspecified atom stereocenters. The van der Waals surface area contributed by atoms with E-state index in [9.17, 15) is 9.59 Å². The lowest BCUT2D eigenvalue weighted by atomic mass is 10.2. The molecule has 0 radical (unpaired) electrons. The largest absolute Gasteiger partial charge is 0.452 e. The third-order valence-electron chi connectivity index (χ3n) is 2.49. The second kappa shape index (κ2) is 5.87. The molecule has 0 aliphatic carbocycles. The van der Waals surface area contributed by atoms with Gasteiger partial charge in [-0.1, -0.05) is 23.4 Å². The van der Waals surface area contributed by atoms with Crippen LogP contribution in [0, 0.1) is 6.92 Å². The Hall–Kier alpha value is -2.83. The summed E-state index contributed by atoms with van der Waals surface area (Å²) < 4.78 is 9.50. The summed E-state index contributed by atoms with van der Waals surface area (Å²) in [6.45, 7) is 1.14. The maximum atomic E-state index is 11.7. The first-order valence-corrected chi connectivity index (χ1v) is 5.81. The first kappa shape index (κ1) is 13.6. The van der Waals surface area contributed by atoms with Crippen LogP contribution in [0.4, 0.5) is 11.6 Å². The standard InChI is InChI=1S/C13H13N3O4/c1-8-11(12(14)20-16-8)13(18)19-7-10(17)15-9-5-3-2-4-6-9/h2-6H,7,14H2,1H3,(H,15,17). The number of ether oxygens (including phenoxy) is 1. The number of aromatic nitrogens is 1. The van der Waals surface area contributed by atoms with Crippen LogP contribution in [0.25, 0.3) is 0 Å². The van der Waals surface area contributed by atoms with Crippen LogP contribution < -0.4 is 11.1 Å². The Morgan fingerprint density at radius 3 is 2.65 bits per heavy atom. The number of nitrogen functional groups attached to an aromatic ring is 1. The van der Waals surface area contributed by atoms with Gasteiger partial charge in [-0.05, 0) is 19.1 Å². The van der Waals surface area contributed by atoms with Crippen molar-refractivity contribution in [2.45, 2.75) is 6.92 Å². The molecule has 1 heterocycles. The Bertz CT molecular complexity index is 602. The number of nitrogens with two attached hydrogens (primary N) is 1. The number of nitrogens with one attached hydrogen (secondary N) is 1. The van der Waals surface area contributed by atoms with E-state index in [1.165, 1.54) is 0 Å². The minimum Gasteiger partial charge on any atom is -0.452 e. The number of nitrogens with zero attached hydrogens (tertiary/aromatic N) is 1. The molecule has 0 bridgehead atoms. The fourth-order valence-corrected chi connectivity index (χ4v) is 1.56. The van der Waals surface area contributed by atoms with E-state index in [0.29, 0.717) is 11.4 Å². The average Bonchev–Trinajstić information content (AvgIpc) is 2.77. The van der Waals surface area contributed by atoms with E-state index in [1.54, 1.807) is 31.2 Å². The molecule has 7 nitrogen and oxygen atoms in total. The minimum atomic E-state index is -0.746. The van der Waals surface area contributed by atoms with Crippen molar-refractivity contribution in [2.24, 2.45) is 0 Å². The summed E-state index contributed by atoms with van der Waals surface area (Å²) in [5.74, 6) is -1.32. The molecule has 0 atom stereocenters. The van der Waals surface area contributed by atoms with Gasteiger partial charge in [-0.15, -0.1) is 0 Å². The van der Waals surface area contributed by atoms with Gasteiger partial charge in [0.2, 0.25) is 5.88 Å². The van der Waals surface area contributed by atoms with Gasteiger partial charge in [0.05, 0.1) is 5.69 Å². The summed E-state index contributed by atoms with van der Waals surface area (Å²) in [7, 11) is 0. The van der Waals surface area contributed by atoms with Crippen LogP contribution in [0.3, 0.4) is 0 Å². The number of amides is 1. The molecule has 2 rings (SSSR count). The van der Waals surface area contributed by atoms with E-state index >= 15 is 0 Å². The van der Waals surface area contributed by atoms with Gasteiger partial charge in [0.25, 0.3) is 5.91 Å². The summed E-state index contributed by atoms with van der Waals surface area (Å²) in [5, 5.41) is 6.12. The van der Waals surface area contributed by atoms with Gasteiger partial charge in [0.15, 0.2) is 6.61 Å². The number of anilines is 2. The van der Waals surface area contributed by atoms with Crippen molar-refractivity contribution < 1.29 is 18.8 Å². The second-order valence-corrected chi connectivity index (χ2v) is 4.00. The highest BCUT2D eigenvalue weighted by molar-refractivity contribution is 5.98. The Balaban J connectivity index is 1.89. The number of hydrogen-bond acceptors (Lipinski definition) is 6. The molecule has 1 amide bonds. The normalized spacial score (nSPS) is 10.1. The highest BCUT2D eigenvalue weighted by Gasteiger charge is 2.20. The SMILES string of the molecule is Cc1noc(N)c1C(=O)OCC(=O)Nc1ccccc1. The van der Waals surface area contributed by atoms with Crippen LogP contribution in [0.2, 0.25) is 0 Å². The van der Waals surface area contributed by atoms with Crippen molar-refractivity contribution in [3.05, 3.63) is 41.6 Å². The van der Waals surface area contributed by atoms with Crippen LogP contribution in [0.15, 0.2) is 34.9 Å². The molecule has 2 aromatic rings. The van der Waals surface area contributed by atoms with Crippen LogP contribution in [-0.4, -0.2) is 23.6 Å². The highest BCUT2D eigenvalue weighted by atomic mass is 16.5. The Morgan fingerprint density at radius 2 is 2.05 bits per heavy atom. The number of benzene rings is 1. The van der Waals surface area contributed by atoms with Gasteiger partial charge < -0.3 is 20.3 Å². The number of carbonyl (C=O) groups is 2. The molecule has 0 fully saturated rings. The van der Waals surface area contributed by atoms with Crippen LogP contribution in [0.1, 0.15) is 16.1 Å². The lowest BCUT2D eigenvalue weighted by Gasteiger charge is -2.06. The molecule has 0 aliphatic rings. The topological polar surface area (TPSA) is 107 Å². The number of aryl methyl sites for hydroxylation is 1. The summed E-state index contributed by atoms with van der Waals surface area (Å²) in [5.41, 5.74) is 6.42. The smallest absolute Gasteiger partial charge is 0.346 e. The molecule has 1 aromatic heterocycles. The third kappa shape index (κ3) is 3.14. The zero-order valence-electron chi connectivity index (χ0n) is 10.8. The van der Waals surface area contributed by atoms with Crippen molar-refractivity contribution in [1.29, 1.82) is 0 Å². The average molecular weight is 275 g/mol. The van der Waals surface area contributed by atoms with E-state index in [4.69, 9.17) is 10.5 Å². The number of para-hydroxylation sites is 1. The van der Waals surface area contributed by atoms with E-state index in [2.05, 4.69) is 15.0 Å². The maximum Gasteiger partial charge on any atom is 0.346 e. The lowest BCUT2D eigenvalue weighted by Crippen LogP contribution is -2.21. The number of esters is 1. The Kier molecular flexibility index (Phi) is 3.99. The minimum absolute atomic E-state index is 0.0394. The van der Waals surface area contributed by atoms with Gasteiger partial charge >= 0.3 is 5.97 Å². The number of hydrogen-bond donors (Lipinski definition) is 2. The molecule has 0 saturated heterocycles. The van der Waals surface area contributed by atoms with E-state index in [-0.39, 0.29) is 11.4 Å². The van der Waals surface area contributed by atoms with Gasteiger partial charge in [0.1, 0.15) is 5.56 Å². The van der Waals surface area contributed by atoms with Crippen LogP contribution in [0.5, 0.6) is 0 Å². The number of rotatable bonds is 4. The van der Waals surface area contributed by atoms with Crippen molar-refractivity contribution in [2.75, 3.05) is 17.7 Å². The molecule has 20 heavy (non-hydrogen) atoms. The Labute approximate surface area is 114 Å². The summed E-state index contributed by atoms with van der Waals surface area (Å²) in [6, 6.07) is 8.84. The molecular formula is C13H13N3O4. The molecular weight excluding hydrogens is 262 g/mol. The molecule has 1 aromatic carbocycles. The number of carbonyl (C=O) groups excluding carboxylic acids is 2. The van der Waals surface area contributed by atoms with Crippen LogP contribution >= 0.6 is 0 Å². The fourth-order valence-electron chi connectivity index (χ4n) is 1.56. The lowest BCUT2D eigenvalue weighted by molar-refractivity contribution is -0.119. The monoisotopic (exact) mass is 275 g/mol. The summed E-state index contributed by atoms with van der Waals surface area (Å²) in [6.07, 6.45) is 0. The predicted octanol–water partition coefficient (Wildman–Crippen LogP) is 1.36. The van der Waals surface area contributed by atoms with E-state index in [0.717, 1.165) is 0 Å². The molecule has 104 valence electrons. The van der Waals surface area contributed by atoms with Gasteiger partial charge in [-0.2, -0.15) is 0 Å². The first-order chi connectivity index (χ1) is 9.58. The molecule has 0 spiro atoms. The first-order valence-electron chi connectivity index (χ1n) is 5.81. The fraction of sp³-hybridized carbons (Fsp3) is 0.154. The quantitative estimate of drug-likeness (QED) is 0.816. The zero-order chi connectivity index (χ0) is 14.5. The van der Waals surface area contributed by atoms with Gasteiger partial charge in [0, 0.05) is 5.69 Å². The zero-order valence-corrected chi connectivity index (χ0v) is 10.8. The summed E-state index contributed by atoms with van der Waals surface area (Å²) in [4.78, 5) is 23.3. The predicted molar refractivity (Wildman–Crippen MR) is 71.0 cm³/mol. The third-order valence-corrected chi connectivity index (χ3v) is 2.49. The molecule has 0 aliphatic heterocycles. The second-order valence-electron chi connectivity index (χ2n) is 4.00. The summed E-state index contributed by atoms with van der Waals surface area (Å²) >= 11 is 0. The molecule has 7 heteroatoms. The Morgan fingerprint density at radius 1 is 1.35 bits per heavy atom. The van der Waals surface area contributed by atoms with Crippen LogP contribution in [-0.2, 0) is 9.53 Å². The van der Waals surface area contributed by atoms with Crippen molar-refractivity contribution >= 4 is 23.4 Å². The van der Waals surface area contributed by atoms with Crippen molar-refractivity contribution in [3.8, 4) is 0 Å². The molecule has 3 N–H and O–H groups in total.